The van der Waals surface area contributed by atoms with Crippen molar-refractivity contribution in [2.75, 3.05) is 4.90 Å². The summed E-state index contributed by atoms with van der Waals surface area (Å²) >= 11 is 1.82. The largest absolute Gasteiger partial charge is 0.455 e. The van der Waals surface area contributed by atoms with Crippen molar-refractivity contribution in [3.63, 3.8) is 0 Å². The molecule has 0 radical (unpaired) electrons. The minimum absolute atomic E-state index is 0.937. The average molecular weight is 492 g/mol. The van der Waals surface area contributed by atoms with E-state index in [2.05, 4.69) is 132 Å². The van der Waals surface area contributed by atoms with E-state index in [-0.39, 0.29) is 0 Å². The summed E-state index contributed by atoms with van der Waals surface area (Å²) in [6, 6.07) is 45.3. The summed E-state index contributed by atoms with van der Waals surface area (Å²) in [5.41, 5.74) is 5.30. The fourth-order valence-electron chi connectivity index (χ4n) is 5.51. The van der Waals surface area contributed by atoms with Crippen LogP contribution in [0.4, 0.5) is 17.1 Å². The Morgan fingerprint density at radius 2 is 1.14 bits per heavy atom. The lowest BCUT2D eigenvalue weighted by Gasteiger charge is -2.25. The molecule has 0 amide bonds. The van der Waals surface area contributed by atoms with Gasteiger partial charge < -0.3 is 9.32 Å². The van der Waals surface area contributed by atoms with Crippen molar-refractivity contribution in [2.45, 2.75) is 0 Å². The molecular weight excluding hydrogens is 470 g/mol. The molecule has 2 aromatic heterocycles. The van der Waals surface area contributed by atoms with E-state index < -0.39 is 0 Å². The molecule has 37 heavy (non-hydrogen) atoms. The Morgan fingerprint density at radius 3 is 1.86 bits per heavy atom. The van der Waals surface area contributed by atoms with Gasteiger partial charge in [0.2, 0.25) is 0 Å². The van der Waals surface area contributed by atoms with Crippen LogP contribution < -0.4 is 4.90 Å². The second-order valence-corrected chi connectivity index (χ2v) is 10.5. The lowest BCUT2D eigenvalue weighted by molar-refractivity contribution is 0.673. The van der Waals surface area contributed by atoms with Crippen LogP contribution in [0.25, 0.3) is 52.9 Å². The highest BCUT2D eigenvalue weighted by Gasteiger charge is 2.18. The van der Waals surface area contributed by atoms with Crippen molar-refractivity contribution in [3.8, 4) is 0 Å². The molecule has 0 spiro atoms. The van der Waals surface area contributed by atoms with Gasteiger partial charge in [-0.1, -0.05) is 60.7 Å². The van der Waals surface area contributed by atoms with Gasteiger partial charge >= 0.3 is 0 Å². The molecule has 174 valence electrons. The lowest BCUT2D eigenvalue weighted by atomic mass is 10.0. The third-order valence-corrected chi connectivity index (χ3v) is 8.34. The van der Waals surface area contributed by atoms with Gasteiger partial charge in [-0.15, -0.1) is 11.3 Å². The summed E-state index contributed by atoms with van der Waals surface area (Å²) in [5.74, 6) is 0. The molecule has 8 aromatic rings. The van der Waals surface area contributed by atoms with Crippen LogP contribution in [0.1, 0.15) is 0 Å². The monoisotopic (exact) mass is 491 g/mol. The number of furan rings is 1. The van der Waals surface area contributed by atoms with Crippen LogP contribution in [-0.2, 0) is 0 Å². The van der Waals surface area contributed by atoms with Gasteiger partial charge in [0.15, 0.2) is 0 Å². The first kappa shape index (κ1) is 20.6. The fourth-order valence-corrected chi connectivity index (χ4v) is 6.59. The van der Waals surface area contributed by atoms with E-state index >= 15 is 0 Å². The summed E-state index contributed by atoms with van der Waals surface area (Å²) < 4.78 is 9.11. The van der Waals surface area contributed by atoms with Gasteiger partial charge in [0.05, 0.1) is 0 Å². The van der Waals surface area contributed by atoms with E-state index in [0.717, 1.165) is 28.2 Å². The van der Waals surface area contributed by atoms with Crippen LogP contribution in [0, 0.1) is 0 Å². The molecular formula is C34H21NOS. The first-order valence-corrected chi connectivity index (χ1v) is 13.3. The maximum Gasteiger partial charge on any atom is 0.144 e. The number of hydrogen-bond donors (Lipinski definition) is 0. The molecule has 0 bridgehead atoms. The normalized spacial score (nSPS) is 11.8. The van der Waals surface area contributed by atoms with Crippen LogP contribution in [-0.4, -0.2) is 0 Å². The Morgan fingerprint density at radius 1 is 0.486 bits per heavy atom. The molecule has 0 atom stereocenters. The van der Waals surface area contributed by atoms with E-state index in [1.54, 1.807) is 0 Å². The van der Waals surface area contributed by atoms with Crippen LogP contribution in [0.15, 0.2) is 132 Å². The number of fused-ring (bicyclic) bond motifs is 8. The molecule has 2 heterocycles. The number of nitrogens with zero attached hydrogens (tertiary/aromatic N) is 1. The molecule has 0 saturated carbocycles. The topological polar surface area (TPSA) is 16.4 Å². The van der Waals surface area contributed by atoms with E-state index in [1.165, 1.54) is 41.7 Å². The van der Waals surface area contributed by atoms with Crippen molar-refractivity contribution in [1.29, 1.82) is 0 Å². The first-order valence-electron chi connectivity index (χ1n) is 12.4. The Labute approximate surface area is 217 Å². The van der Waals surface area contributed by atoms with Crippen molar-refractivity contribution in [2.24, 2.45) is 0 Å². The smallest absolute Gasteiger partial charge is 0.144 e. The second-order valence-electron chi connectivity index (χ2n) is 9.40. The van der Waals surface area contributed by atoms with Gasteiger partial charge in [0.25, 0.3) is 0 Å². The maximum absolute atomic E-state index is 6.60. The van der Waals surface area contributed by atoms with Gasteiger partial charge in [0.1, 0.15) is 11.2 Å². The number of anilines is 3. The molecule has 0 fully saturated rings. The number of thiophene rings is 1. The van der Waals surface area contributed by atoms with Crippen LogP contribution in [0.3, 0.4) is 0 Å². The molecule has 0 saturated heterocycles. The zero-order valence-electron chi connectivity index (χ0n) is 19.9. The second kappa shape index (κ2) is 7.95. The third kappa shape index (κ3) is 3.18. The number of rotatable bonds is 3. The Kier molecular flexibility index (Phi) is 4.42. The maximum atomic E-state index is 6.60. The molecule has 3 heteroatoms. The number of hydrogen-bond acceptors (Lipinski definition) is 3. The van der Waals surface area contributed by atoms with Crippen molar-refractivity contribution < 1.29 is 4.42 Å². The summed E-state index contributed by atoms with van der Waals surface area (Å²) in [7, 11) is 0. The first-order chi connectivity index (χ1) is 18.3. The van der Waals surface area contributed by atoms with Crippen LogP contribution in [0.5, 0.6) is 0 Å². The Hall–Kier alpha value is -4.60. The van der Waals surface area contributed by atoms with Crippen molar-refractivity contribution in [3.05, 3.63) is 127 Å². The zero-order valence-corrected chi connectivity index (χ0v) is 20.7. The molecule has 6 aromatic carbocycles. The summed E-state index contributed by atoms with van der Waals surface area (Å²) in [5, 5.41) is 7.19. The highest BCUT2D eigenvalue weighted by molar-refractivity contribution is 7.26. The molecule has 0 aliphatic heterocycles. The Bertz CT molecular complexity index is 2050. The number of para-hydroxylation sites is 2. The molecule has 0 aliphatic rings. The van der Waals surface area contributed by atoms with Crippen LogP contribution >= 0.6 is 11.3 Å². The quantitative estimate of drug-likeness (QED) is 0.244. The van der Waals surface area contributed by atoms with Gasteiger partial charge in [-0.2, -0.15) is 0 Å². The fraction of sp³-hybridized carbons (Fsp3) is 0. The van der Waals surface area contributed by atoms with E-state index in [4.69, 9.17) is 4.42 Å². The van der Waals surface area contributed by atoms with Gasteiger partial charge in [0, 0.05) is 48.0 Å². The van der Waals surface area contributed by atoms with Crippen LogP contribution in [0.2, 0.25) is 0 Å². The predicted octanol–water partition coefficient (Wildman–Crippen LogP) is 10.6. The van der Waals surface area contributed by atoms with Gasteiger partial charge in [-0.3, -0.25) is 0 Å². The molecule has 0 N–H and O–H groups in total. The molecule has 0 unspecified atom stereocenters. The van der Waals surface area contributed by atoms with E-state index in [9.17, 15) is 0 Å². The van der Waals surface area contributed by atoms with Gasteiger partial charge in [-0.25, -0.2) is 0 Å². The lowest BCUT2D eigenvalue weighted by Crippen LogP contribution is -2.09. The van der Waals surface area contributed by atoms with E-state index in [1.807, 2.05) is 11.3 Å². The molecule has 2 nitrogen and oxygen atoms in total. The number of benzene rings is 6. The predicted molar refractivity (Wildman–Crippen MR) is 159 cm³/mol. The molecule has 0 aliphatic carbocycles. The minimum Gasteiger partial charge on any atom is -0.455 e. The zero-order chi connectivity index (χ0) is 24.3. The summed E-state index contributed by atoms with van der Waals surface area (Å²) in [6.45, 7) is 0. The summed E-state index contributed by atoms with van der Waals surface area (Å²) in [4.78, 5) is 2.31. The SMILES string of the molecule is c1ccc(N(c2ccccc2)c2ccc3sc4ccc5c6cc7ccccc7cc6oc5c4c3c2)cc1. The molecule has 8 rings (SSSR count). The Balaban J connectivity index is 1.42. The van der Waals surface area contributed by atoms with Gasteiger partial charge in [-0.05, 0) is 77.5 Å². The highest BCUT2D eigenvalue weighted by Crippen LogP contribution is 2.45. The average Bonchev–Trinajstić information content (AvgIpc) is 3.50. The standard InChI is InChI=1S/C34H21NOS/c1-3-11-24(12-4-1)35(25-13-5-2-6-14-25)26-15-17-31-29(21-26)33-32(37-31)18-16-27-28-19-22-9-7-8-10-23(22)20-30(28)36-34(27)33/h1-21H. The van der Waals surface area contributed by atoms with Crippen molar-refractivity contribution in [1.82, 2.24) is 0 Å². The summed E-state index contributed by atoms with van der Waals surface area (Å²) in [6.07, 6.45) is 0. The van der Waals surface area contributed by atoms with E-state index in [0.29, 0.717) is 0 Å². The van der Waals surface area contributed by atoms with Crippen molar-refractivity contribution >= 4 is 81.3 Å². The third-order valence-electron chi connectivity index (χ3n) is 7.21. The minimum atomic E-state index is 0.937. The highest BCUT2D eigenvalue weighted by atomic mass is 32.1.